The fraction of sp³-hybridized carbons (Fsp3) is 0.632. The van der Waals surface area contributed by atoms with Gasteiger partial charge in [-0.2, -0.15) is 0 Å². The van der Waals surface area contributed by atoms with Crippen molar-refractivity contribution in [1.29, 1.82) is 0 Å². The van der Waals surface area contributed by atoms with Gasteiger partial charge in [0.05, 0.1) is 0 Å². The molecule has 11 heteroatoms. The van der Waals surface area contributed by atoms with E-state index < -0.39 is 0 Å². The lowest BCUT2D eigenvalue weighted by Crippen LogP contribution is -2.45. The zero-order valence-electron chi connectivity index (χ0n) is 42.4. The lowest BCUT2D eigenvalue weighted by Gasteiger charge is -2.33. The average molecular weight is 938 g/mol. The summed E-state index contributed by atoms with van der Waals surface area (Å²) >= 11 is 0. The Morgan fingerprint density at radius 3 is 0.956 bits per heavy atom. The van der Waals surface area contributed by atoms with Crippen LogP contribution in [0.5, 0.6) is 17.2 Å². The minimum atomic E-state index is 0.152. The number of amides is 3. The molecule has 3 amide bonds. The SMILES string of the molecule is CCCCCCCC(=O)N1CCN2CCN(C(=O)CCCCCCC)Cc3ccccc3OCCN(CCOc3ccccc3C1)CCOc1ccccc1CN(C(=O)CCCCCCC)CC2. The molecule has 0 unspecified atom stereocenters. The molecular weight excluding hydrogens is 851 g/mol. The summed E-state index contributed by atoms with van der Waals surface area (Å²) < 4.78 is 19.7. The lowest BCUT2D eigenvalue weighted by molar-refractivity contribution is -0.132. The van der Waals surface area contributed by atoms with E-state index in [0.717, 1.165) is 111 Å². The third kappa shape index (κ3) is 19.8. The van der Waals surface area contributed by atoms with Crippen molar-refractivity contribution in [2.24, 2.45) is 0 Å². The smallest absolute Gasteiger partial charge is 0.222 e. The Hall–Kier alpha value is -4.61. The van der Waals surface area contributed by atoms with Gasteiger partial charge in [0.1, 0.15) is 37.1 Å². The summed E-state index contributed by atoms with van der Waals surface area (Å²) in [5, 5.41) is 0. The predicted octanol–water partition coefficient (Wildman–Crippen LogP) is 10.9. The van der Waals surface area contributed by atoms with Gasteiger partial charge in [-0.1, -0.05) is 152 Å². The molecule has 68 heavy (non-hydrogen) atoms. The van der Waals surface area contributed by atoms with Crippen LogP contribution in [0, 0.1) is 0 Å². The standard InChI is InChI=1S/C57H87N5O6/c1-4-7-10-13-16-31-55(63)60-37-34-58-35-38-61(56(64)32-17-14-11-8-5-2)47-50-26-20-23-29-53(50)67-44-41-59(40-43-66-52-28-22-19-25-49(52)46-60)42-45-68-54-30-24-21-27-51(54)48-62(39-36-58)57(65)33-18-15-12-9-6-3/h19-30H,4-18,31-48H2,1-3H3. The number of fused-ring (bicyclic) bond motifs is 15. The molecule has 376 valence electrons. The van der Waals surface area contributed by atoms with Gasteiger partial charge in [0.2, 0.25) is 17.7 Å². The van der Waals surface area contributed by atoms with Gasteiger partial charge in [-0.05, 0) is 37.5 Å². The monoisotopic (exact) mass is 938 g/mol. The third-order valence-electron chi connectivity index (χ3n) is 13.6. The van der Waals surface area contributed by atoms with Crippen LogP contribution in [0.15, 0.2) is 72.8 Å². The van der Waals surface area contributed by atoms with Crippen molar-refractivity contribution in [3.8, 4) is 17.2 Å². The van der Waals surface area contributed by atoms with Crippen LogP contribution in [0.1, 0.15) is 153 Å². The Morgan fingerprint density at radius 2 is 0.647 bits per heavy atom. The molecule has 3 aliphatic heterocycles. The largest absolute Gasteiger partial charge is 0.492 e. The summed E-state index contributed by atoms with van der Waals surface area (Å²) in [5.74, 6) is 2.82. The van der Waals surface area contributed by atoms with Crippen molar-refractivity contribution in [2.45, 2.75) is 156 Å². The van der Waals surface area contributed by atoms with E-state index in [1.807, 2.05) is 69.3 Å². The number of benzene rings is 3. The van der Waals surface area contributed by atoms with Gasteiger partial charge in [0.15, 0.2) is 0 Å². The first kappa shape index (κ1) is 54.3. The highest BCUT2D eigenvalue weighted by Crippen LogP contribution is 2.25. The number of nitrogens with zero attached hydrogens (tertiary/aromatic N) is 5. The topological polar surface area (TPSA) is 95.1 Å². The summed E-state index contributed by atoms with van der Waals surface area (Å²) in [4.78, 5) is 53.8. The quantitative estimate of drug-likeness (QED) is 0.116. The molecule has 0 atom stereocenters. The number of hydrogen-bond donors (Lipinski definition) is 0. The molecule has 0 aromatic heterocycles. The third-order valence-corrected chi connectivity index (χ3v) is 13.6. The zero-order valence-corrected chi connectivity index (χ0v) is 42.4. The van der Waals surface area contributed by atoms with Crippen LogP contribution < -0.4 is 14.2 Å². The molecule has 0 saturated heterocycles. The number of rotatable bonds is 18. The van der Waals surface area contributed by atoms with Crippen molar-refractivity contribution in [1.82, 2.24) is 24.5 Å². The van der Waals surface area contributed by atoms with Crippen LogP contribution in [-0.2, 0) is 34.0 Å². The van der Waals surface area contributed by atoms with Gasteiger partial charge < -0.3 is 28.9 Å². The highest BCUT2D eigenvalue weighted by Gasteiger charge is 2.24. The van der Waals surface area contributed by atoms with Gasteiger partial charge >= 0.3 is 0 Å². The number of hydrogen-bond acceptors (Lipinski definition) is 8. The summed E-state index contributed by atoms with van der Waals surface area (Å²) in [7, 11) is 0. The zero-order chi connectivity index (χ0) is 48.0. The Kier molecular flexibility index (Phi) is 25.8. The van der Waals surface area contributed by atoms with Crippen molar-refractivity contribution in [2.75, 3.05) is 78.7 Å². The van der Waals surface area contributed by atoms with Gasteiger partial charge in [-0.3, -0.25) is 24.2 Å². The van der Waals surface area contributed by atoms with Gasteiger partial charge in [0.25, 0.3) is 0 Å². The van der Waals surface area contributed by atoms with E-state index in [4.69, 9.17) is 14.2 Å². The van der Waals surface area contributed by atoms with E-state index >= 15 is 0 Å². The van der Waals surface area contributed by atoms with E-state index in [-0.39, 0.29) is 17.7 Å². The number of carbonyl (C=O) groups excluding carboxylic acids is 3. The first-order valence-corrected chi connectivity index (χ1v) is 26.8. The molecule has 3 heterocycles. The summed E-state index contributed by atoms with van der Waals surface area (Å²) in [6, 6.07) is 24.4. The maximum absolute atomic E-state index is 14.3. The predicted molar refractivity (Wildman–Crippen MR) is 275 cm³/mol. The Labute approximate surface area is 410 Å². The van der Waals surface area contributed by atoms with E-state index in [0.29, 0.717) is 118 Å². The van der Waals surface area contributed by atoms with Crippen LogP contribution >= 0.6 is 0 Å². The minimum absolute atomic E-state index is 0.152. The van der Waals surface area contributed by atoms with Crippen molar-refractivity contribution < 1.29 is 28.6 Å². The van der Waals surface area contributed by atoms with Crippen LogP contribution in [0.3, 0.4) is 0 Å². The number of unbranched alkanes of at least 4 members (excludes halogenated alkanes) is 12. The van der Waals surface area contributed by atoms with Gasteiger partial charge in [-0.25, -0.2) is 0 Å². The minimum Gasteiger partial charge on any atom is -0.492 e. The van der Waals surface area contributed by atoms with E-state index in [1.165, 1.54) is 19.3 Å². The summed E-state index contributed by atoms with van der Waals surface area (Å²) in [6.45, 7) is 14.6. The molecule has 2 bridgehead atoms. The summed E-state index contributed by atoms with van der Waals surface area (Å²) in [6.07, 6.45) is 17.7. The van der Waals surface area contributed by atoms with Crippen molar-refractivity contribution in [3.63, 3.8) is 0 Å². The Bertz CT molecular complexity index is 1680. The lowest BCUT2D eigenvalue weighted by atomic mass is 10.1. The normalized spacial score (nSPS) is 18.0. The van der Waals surface area contributed by atoms with E-state index in [9.17, 15) is 14.4 Å². The van der Waals surface area contributed by atoms with Crippen LogP contribution in [0.25, 0.3) is 0 Å². The van der Waals surface area contributed by atoms with E-state index in [2.05, 4.69) is 48.8 Å². The number of carbonyl (C=O) groups is 3. The first-order valence-electron chi connectivity index (χ1n) is 26.8. The van der Waals surface area contributed by atoms with E-state index in [1.54, 1.807) is 0 Å². The summed E-state index contributed by atoms with van der Waals surface area (Å²) in [5.41, 5.74) is 2.96. The van der Waals surface area contributed by atoms with Gasteiger partial charge in [0, 0.05) is 114 Å². The molecule has 0 radical (unpaired) electrons. The molecule has 0 N–H and O–H groups in total. The van der Waals surface area contributed by atoms with Crippen molar-refractivity contribution in [3.05, 3.63) is 89.5 Å². The second-order valence-corrected chi connectivity index (χ2v) is 19.0. The molecule has 6 rings (SSSR count). The maximum atomic E-state index is 14.3. The number of ether oxygens (including phenoxy) is 3. The molecule has 11 nitrogen and oxygen atoms in total. The Morgan fingerprint density at radius 1 is 0.368 bits per heavy atom. The fourth-order valence-corrected chi connectivity index (χ4v) is 9.24. The van der Waals surface area contributed by atoms with Crippen LogP contribution in [0.4, 0.5) is 0 Å². The second kappa shape index (κ2) is 32.2. The van der Waals surface area contributed by atoms with Gasteiger partial charge in [-0.15, -0.1) is 0 Å². The van der Waals surface area contributed by atoms with Crippen molar-refractivity contribution >= 4 is 17.7 Å². The second-order valence-electron chi connectivity index (χ2n) is 19.0. The first-order chi connectivity index (χ1) is 33.4. The molecule has 3 aromatic rings. The fourth-order valence-electron chi connectivity index (χ4n) is 9.24. The molecule has 0 spiro atoms. The molecule has 3 aliphatic rings. The molecule has 0 aliphatic carbocycles. The molecule has 0 saturated carbocycles. The highest BCUT2D eigenvalue weighted by atomic mass is 16.5. The molecular formula is C57H87N5O6. The highest BCUT2D eigenvalue weighted by molar-refractivity contribution is 5.77. The average Bonchev–Trinajstić information content (AvgIpc) is 3.34. The number of para-hydroxylation sites is 3. The van der Waals surface area contributed by atoms with Crippen LogP contribution in [-0.4, -0.2) is 121 Å². The van der Waals surface area contributed by atoms with Crippen LogP contribution in [0.2, 0.25) is 0 Å². The Balaban J connectivity index is 1.54. The maximum Gasteiger partial charge on any atom is 0.222 e. The molecule has 0 fully saturated rings. The molecule has 3 aromatic carbocycles.